The van der Waals surface area contributed by atoms with E-state index in [1.54, 1.807) is 23.1 Å². The van der Waals surface area contributed by atoms with E-state index in [1.165, 1.54) is 0 Å². The lowest BCUT2D eigenvalue weighted by Gasteiger charge is -2.26. The highest BCUT2D eigenvalue weighted by atomic mass is 35.5. The van der Waals surface area contributed by atoms with E-state index in [-0.39, 0.29) is 11.8 Å². The van der Waals surface area contributed by atoms with Gasteiger partial charge in [0.25, 0.3) is 0 Å². The van der Waals surface area contributed by atoms with Crippen LogP contribution in [0.25, 0.3) is 0 Å². The Balaban J connectivity index is 1.65. The Hall–Kier alpha value is -1.59. The van der Waals surface area contributed by atoms with Gasteiger partial charge in [0, 0.05) is 25.1 Å². The predicted octanol–water partition coefficient (Wildman–Crippen LogP) is 2.01. The maximum absolute atomic E-state index is 11.9. The number of hydrogen-bond acceptors (Lipinski definition) is 3. The summed E-state index contributed by atoms with van der Waals surface area (Å²) in [6.07, 6.45) is 1.96. The van der Waals surface area contributed by atoms with Gasteiger partial charge >= 0.3 is 0 Å². The van der Waals surface area contributed by atoms with Crippen molar-refractivity contribution in [3.05, 3.63) is 23.2 Å². The normalized spacial score (nSPS) is 18.7. The summed E-state index contributed by atoms with van der Waals surface area (Å²) in [6.45, 7) is 2.52. The van der Waals surface area contributed by atoms with Gasteiger partial charge in [-0.2, -0.15) is 0 Å². The molecule has 2 aliphatic rings. The second kappa shape index (κ2) is 6.03. The molecule has 1 aromatic rings. The molecule has 1 aromatic carbocycles. The van der Waals surface area contributed by atoms with Crippen LogP contribution in [0, 0.1) is 5.92 Å². The number of halogens is 1. The Morgan fingerprint density at radius 2 is 2.24 bits per heavy atom. The van der Waals surface area contributed by atoms with Crippen LogP contribution < -0.4 is 15.5 Å². The van der Waals surface area contributed by atoms with Crippen LogP contribution in [0.5, 0.6) is 0 Å². The lowest BCUT2D eigenvalue weighted by Crippen LogP contribution is -2.43. The highest BCUT2D eigenvalue weighted by Gasteiger charge is 2.24. The van der Waals surface area contributed by atoms with Gasteiger partial charge in [-0.1, -0.05) is 11.6 Å². The molecule has 2 saturated heterocycles. The van der Waals surface area contributed by atoms with E-state index in [1.807, 2.05) is 0 Å². The minimum Gasteiger partial charge on any atom is -0.326 e. The zero-order valence-electron chi connectivity index (χ0n) is 11.7. The first-order valence-electron chi connectivity index (χ1n) is 7.24. The minimum absolute atomic E-state index is 0.00238. The molecular weight excluding hydrogens is 290 g/mol. The largest absolute Gasteiger partial charge is 0.326 e. The molecule has 0 aliphatic carbocycles. The number of nitrogens with zero attached hydrogens (tertiary/aromatic N) is 1. The molecule has 0 saturated carbocycles. The monoisotopic (exact) mass is 307 g/mol. The van der Waals surface area contributed by atoms with E-state index in [4.69, 9.17) is 11.6 Å². The molecule has 0 atom stereocenters. The molecule has 0 spiro atoms. The van der Waals surface area contributed by atoms with Gasteiger partial charge in [-0.25, -0.2) is 0 Å². The molecule has 3 rings (SSSR count). The highest BCUT2D eigenvalue weighted by molar-refractivity contribution is 6.34. The first-order valence-corrected chi connectivity index (χ1v) is 7.62. The highest BCUT2D eigenvalue weighted by Crippen LogP contribution is 2.31. The van der Waals surface area contributed by atoms with Gasteiger partial charge in [0.15, 0.2) is 0 Å². The number of anilines is 2. The van der Waals surface area contributed by atoms with Crippen LogP contribution in [0.15, 0.2) is 18.2 Å². The van der Waals surface area contributed by atoms with Crippen molar-refractivity contribution in [1.82, 2.24) is 5.32 Å². The van der Waals surface area contributed by atoms with Gasteiger partial charge in [-0.15, -0.1) is 0 Å². The Labute approximate surface area is 128 Å². The van der Waals surface area contributed by atoms with Crippen LogP contribution in [-0.2, 0) is 9.59 Å². The van der Waals surface area contributed by atoms with E-state index >= 15 is 0 Å². The summed E-state index contributed by atoms with van der Waals surface area (Å²) < 4.78 is 0. The molecule has 2 N–H and O–H groups in total. The van der Waals surface area contributed by atoms with Crippen molar-refractivity contribution < 1.29 is 9.59 Å². The third-order valence-corrected chi connectivity index (χ3v) is 4.24. The van der Waals surface area contributed by atoms with Crippen molar-refractivity contribution >= 4 is 34.8 Å². The third-order valence-electron chi connectivity index (χ3n) is 3.94. The van der Waals surface area contributed by atoms with Crippen molar-refractivity contribution in [2.45, 2.75) is 19.3 Å². The van der Waals surface area contributed by atoms with Crippen molar-refractivity contribution in [2.24, 2.45) is 5.92 Å². The second-order valence-corrected chi connectivity index (χ2v) is 6.00. The first-order chi connectivity index (χ1) is 10.1. The molecule has 0 bridgehead atoms. The average Bonchev–Trinajstić information content (AvgIpc) is 2.80. The minimum atomic E-state index is 0.00238. The maximum Gasteiger partial charge on any atom is 0.227 e. The molecule has 0 unspecified atom stereocenters. The van der Waals surface area contributed by atoms with Crippen molar-refractivity contribution in [3.8, 4) is 0 Å². The Morgan fingerprint density at radius 3 is 2.81 bits per heavy atom. The average molecular weight is 308 g/mol. The number of carbonyl (C=O) groups excluding carboxylic acids is 2. The van der Waals surface area contributed by atoms with Crippen molar-refractivity contribution in [1.29, 1.82) is 0 Å². The van der Waals surface area contributed by atoms with Crippen molar-refractivity contribution in [2.75, 3.05) is 29.9 Å². The maximum atomic E-state index is 11.9. The summed E-state index contributed by atoms with van der Waals surface area (Å²) >= 11 is 6.25. The quantitative estimate of drug-likeness (QED) is 0.894. The van der Waals surface area contributed by atoms with Gasteiger partial charge in [-0.3, -0.25) is 9.59 Å². The smallest absolute Gasteiger partial charge is 0.227 e. The third kappa shape index (κ3) is 3.19. The number of amides is 2. The first kappa shape index (κ1) is 14.4. The molecule has 2 fully saturated rings. The fourth-order valence-corrected chi connectivity index (χ4v) is 2.96. The van der Waals surface area contributed by atoms with Crippen LogP contribution in [0.2, 0.25) is 5.02 Å². The number of nitrogens with one attached hydrogen (secondary N) is 2. The Morgan fingerprint density at radius 1 is 1.43 bits per heavy atom. The van der Waals surface area contributed by atoms with Gasteiger partial charge < -0.3 is 15.5 Å². The van der Waals surface area contributed by atoms with Crippen molar-refractivity contribution in [3.63, 3.8) is 0 Å². The van der Waals surface area contributed by atoms with Crippen LogP contribution in [0.4, 0.5) is 11.4 Å². The lowest BCUT2D eigenvalue weighted by molar-refractivity contribution is -0.118. The zero-order valence-corrected chi connectivity index (χ0v) is 12.4. The standard InChI is InChI=1S/C15H18ClN3O2/c16-12-7-11(18-14(20)6-10-8-17-9-10)3-4-13(12)19-5-1-2-15(19)21/h3-4,7,10,17H,1-2,5-6,8-9H2,(H,18,20). The SMILES string of the molecule is O=C(CC1CNC1)Nc1ccc(N2CCCC2=O)c(Cl)c1. The van der Waals surface area contributed by atoms with Gasteiger partial charge in [0.05, 0.1) is 10.7 Å². The van der Waals surface area contributed by atoms with Crippen LogP contribution in [0.1, 0.15) is 19.3 Å². The zero-order chi connectivity index (χ0) is 14.8. The molecule has 0 aromatic heterocycles. The van der Waals surface area contributed by atoms with Gasteiger partial charge in [0.1, 0.15) is 0 Å². The second-order valence-electron chi connectivity index (χ2n) is 5.59. The van der Waals surface area contributed by atoms with E-state index < -0.39 is 0 Å². The number of rotatable bonds is 4. The summed E-state index contributed by atoms with van der Waals surface area (Å²) in [5, 5.41) is 6.49. The Kier molecular flexibility index (Phi) is 4.12. The molecule has 2 aliphatic heterocycles. The molecule has 2 amide bonds. The Bertz CT molecular complexity index is 572. The summed E-state index contributed by atoms with van der Waals surface area (Å²) in [7, 11) is 0. The summed E-state index contributed by atoms with van der Waals surface area (Å²) in [5.74, 6) is 0.538. The van der Waals surface area contributed by atoms with E-state index in [9.17, 15) is 9.59 Å². The topological polar surface area (TPSA) is 61.4 Å². The van der Waals surface area contributed by atoms with Gasteiger partial charge in [0.2, 0.25) is 11.8 Å². The molecule has 5 nitrogen and oxygen atoms in total. The fourth-order valence-electron chi connectivity index (χ4n) is 2.67. The molecule has 2 heterocycles. The molecule has 112 valence electrons. The summed E-state index contributed by atoms with van der Waals surface area (Å²) in [4.78, 5) is 25.3. The fraction of sp³-hybridized carbons (Fsp3) is 0.467. The number of hydrogen-bond donors (Lipinski definition) is 2. The summed E-state index contributed by atoms with van der Waals surface area (Å²) in [6, 6.07) is 5.30. The number of carbonyl (C=O) groups is 2. The molecule has 0 radical (unpaired) electrons. The molecule has 21 heavy (non-hydrogen) atoms. The van der Waals surface area contributed by atoms with Gasteiger partial charge in [-0.05, 0) is 43.6 Å². The molecule has 6 heteroatoms. The van der Waals surface area contributed by atoms with Crippen LogP contribution in [0.3, 0.4) is 0 Å². The molecular formula is C15H18ClN3O2. The predicted molar refractivity (Wildman–Crippen MR) is 82.6 cm³/mol. The summed E-state index contributed by atoms with van der Waals surface area (Å²) in [5.41, 5.74) is 1.40. The lowest BCUT2D eigenvalue weighted by atomic mass is 9.99. The number of benzene rings is 1. The van der Waals surface area contributed by atoms with Crippen LogP contribution >= 0.6 is 11.6 Å². The van der Waals surface area contributed by atoms with E-state index in [0.717, 1.165) is 25.2 Å². The van der Waals surface area contributed by atoms with E-state index in [0.29, 0.717) is 36.0 Å². The van der Waals surface area contributed by atoms with E-state index in [2.05, 4.69) is 10.6 Å². The van der Waals surface area contributed by atoms with Crippen LogP contribution in [-0.4, -0.2) is 31.4 Å².